The molecule has 2 amide bonds. The SMILES string of the molecule is C[C@H](CC(=O)O)NC(=O)c1cc(Br)cc(NC(=O)OCC2c3ccccc3-c3ccccc32)c1. The predicted molar refractivity (Wildman–Crippen MR) is 132 cm³/mol. The minimum Gasteiger partial charge on any atom is -0.481 e. The van der Waals surface area contributed by atoms with Crippen molar-refractivity contribution in [2.45, 2.75) is 25.3 Å². The normalized spacial score (nSPS) is 12.9. The molecule has 0 heterocycles. The van der Waals surface area contributed by atoms with Crippen LogP contribution in [-0.4, -0.2) is 35.7 Å². The van der Waals surface area contributed by atoms with Gasteiger partial charge in [0.05, 0.1) is 6.42 Å². The van der Waals surface area contributed by atoms with Crippen LogP contribution in [0.25, 0.3) is 11.1 Å². The molecule has 3 aromatic rings. The smallest absolute Gasteiger partial charge is 0.411 e. The average molecular weight is 523 g/mol. The molecule has 3 N–H and O–H groups in total. The van der Waals surface area contributed by atoms with E-state index in [-0.39, 0.29) is 24.5 Å². The lowest BCUT2D eigenvalue weighted by atomic mass is 9.98. The van der Waals surface area contributed by atoms with Crippen molar-refractivity contribution in [2.75, 3.05) is 11.9 Å². The van der Waals surface area contributed by atoms with Gasteiger partial charge in [0.1, 0.15) is 6.61 Å². The Bertz CT molecular complexity index is 1210. The molecule has 3 aromatic carbocycles. The number of ether oxygens (including phenoxy) is 1. The minimum atomic E-state index is -1.00. The van der Waals surface area contributed by atoms with E-state index in [2.05, 4.69) is 38.7 Å². The zero-order valence-electron chi connectivity index (χ0n) is 18.4. The van der Waals surface area contributed by atoms with E-state index in [1.807, 2.05) is 36.4 Å². The quantitative estimate of drug-likeness (QED) is 0.385. The molecular weight excluding hydrogens is 500 g/mol. The molecule has 0 spiro atoms. The molecule has 0 aliphatic heterocycles. The zero-order chi connectivity index (χ0) is 24.2. The topological polar surface area (TPSA) is 105 Å². The van der Waals surface area contributed by atoms with Gasteiger partial charge in [0.15, 0.2) is 0 Å². The molecule has 7 nitrogen and oxygen atoms in total. The number of amides is 2. The van der Waals surface area contributed by atoms with Crippen molar-refractivity contribution >= 4 is 39.6 Å². The van der Waals surface area contributed by atoms with Crippen molar-refractivity contribution in [3.63, 3.8) is 0 Å². The van der Waals surface area contributed by atoms with Crippen molar-refractivity contribution < 1.29 is 24.2 Å². The maximum atomic E-state index is 12.6. The molecule has 0 radical (unpaired) electrons. The van der Waals surface area contributed by atoms with Crippen LogP contribution in [-0.2, 0) is 9.53 Å². The summed E-state index contributed by atoms with van der Waals surface area (Å²) in [5.41, 5.74) is 5.18. The first-order valence-electron chi connectivity index (χ1n) is 10.8. The van der Waals surface area contributed by atoms with E-state index in [1.165, 1.54) is 6.07 Å². The highest BCUT2D eigenvalue weighted by Crippen LogP contribution is 2.44. The second-order valence-electron chi connectivity index (χ2n) is 8.15. The van der Waals surface area contributed by atoms with Crippen LogP contribution >= 0.6 is 15.9 Å². The van der Waals surface area contributed by atoms with Crippen LogP contribution in [0.3, 0.4) is 0 Å². The molecular formula is C26H23BrN2O5. The standard InChI is InChI=1S/C26H23BrN2O5/c1-15(10-24(30)31)28-25(32)16-11-17(27)13-18(12-16)29-26(33)34-14-23-21-8-4-2-6-19(21)20-7-3-5-9-22(20)23/h2-9,11-13,15,23H,10,14H2,1H3,(H,28,32)(H,29,33)(H,30,31)/t15-/m1/s1. The van der Waals surface area contributed by atoms with Crippen molar-refractivity contribution in [3.8, 4) is 11.1 Å². The van der Waals surface area contributed by atoms with Crippen LogP contribution in [0.15, 0.2) is 71.2 Å². The van der Waals surface area contributed by atoms with Crippen LogP contribution in [0.1, 0.15) is 40.7 Å². The van der Waals surface area contributed by atoms with Gasteiger partial charge in [-0.2, -0.15) is 0 Å². The predicted octanol–water partition coefficient (Wildman–Crippen LogP) is 5.40. The van der Waals surface area contributed by atoms with Gasteiger partial charge in [0.2, 0.25) is 0 Å². The monoisotopic (exact) mass is 522 g/mol. The number of rotatable bonds is 7. The Morgan fingerprint density at radius 1 is 1.00 bits per heavy atom. The van der Waals surface area contributed by atoms with Crippen LogP contribution in [0.2, 0.25) is 0 Å². The fourth-order valence-electron chi connectivity index (χ4n) is 4.17. The highest BCUT2D eigenvalue weighted by Gasteiger charge is 2.29. The molecule has 0 bridgehead atoms. The summed E-state index contributed by atoms with van der Waals surface area (Å²) in [7, 11) is 0. The fraction of sp³-hybridized carbons (Fsp3) is 0.192. The Morgan fingerprint density at radius 2 is 1.62 bits per heavy atom. The lowest BCUT2D eigenvalue weighted by molar-refractivity contribution is -0.137. The highest BCUT2D eigenvalue weighted by atomic mass is 79.9. The van der Waals surface area contributed by atoms with Crippen LogP contribution in [0.5, 0.6) is 0 Å². The number of carboxylic acid groups (broad SMARTS) is 1. The van der Waals surface area contributed by atoms with E-state index in [0.717, 1.165) is 22.3 Å². The number of carbonyl (C=O) groups excluding carboxylic acids is 2. The molecule has 8 heteroatoms. The van der Waals surface area contributed by atoms with E-state index in [1.54, 1.807) is 19.1 Å². The van der Waals surface area contributed by atoms with E-state index in [9.17, 15) is 14.4 Å². The third-order valence-electron chi connectivity index (χ3n) is 5.61. The summed E-state index contributed by atoms with van der Waals surface area (Å²) in [6, 6.07) is 20.4. The zero-order valence-corrected chi connectivity index (χ0v) is 20.0. The van der Waals surface area contributed by atoms with Gasteiger partial charge in [-0.05, 0) is 47.4 Å². The first-order chi connectivity index (χ1) is 16.3. The molecule has 1 aliphatic carbocycles. The Hall–Kier alpha value is -3.65. The number of carboxylic acids is 1. The van der Waals surface area contributed by atoms with E-state index in [0.29, 0.717) is 10.2 Å². The Labute approximate surface area is 205 Å². The first kappa shape index (κ1) is 23.5. The maximum absolute atomic E-state index is 12.6. The number of halogens is 1. The number of nitrogens with one attached hydrogen (secondary N) is 2. The second kappa shape index (κ2) is 10.1. The average Bonchev–Trinajstić information content (AvgIpc) is 3.10. The summed E-state index contributed by atoms with van der Waals surface area (Å²) in [5.74, 6) is -1.50. The number of hydrogen-bond acceptors (Lipinski definition) is 4. The summed E-state index contributed by atoms with van der Waals surface area (Å²) in [5, 5.41) is 14.2. The molecule has 1 atom stereocenters. The number of anilines is 1. The van der Waals surface area contributed by atoms with Gasteiger partial charge in [-0.15, -0.1) is 0 Å². The van der Waals surface area contributed by atoms with Crippen molar-refractivity contribution in [1.29, 1.82) is 0 Å². The van der Waals surface area contributed by atoms with Crippen molar-refractivity contribution in [1.82, 2.24) is 5.32 Å². The van der Waals surface area contributed by atoms with Gasteiger partial charge in [-0.1, -0.05) is 64.5 Å². The summed E-state index contributed by atoms with van der Waals surface area (Å²) in [6.07, 6.45) is -0.824. The fourth-order valence-corrected chi connectivity index (χ4v) is 4.66. The Morgan fingerprint density at radius 3 is 2.24 bits per heavy atom. The van der Waals surface area contributed by atoms with E-state index in [4.69, 9.17) is 9.84 Å². The molecule has 34 heavy (non-hydrogen) atoms. The second-order valence-corrected chi connectivity index (χ2v) is 9.07. The Balaban J connectivity index is 1.42. The van der Waals surface area contributed by atoms with Crippen molar-refractivity contribution in [3.05, 3.63) is 87.9 Å². The largest absolute Gasteiger partial charge is 0.481 e. The summed E-state index contributed by atoms with van der Waals surface area (Å²) >= 11 is 3.34. The third kappa shape index (κ3) is 5.28. The van der Waals surface area contributed by atoms with Crippen molar-refractivity contribution in [2.24, 2.45) is 0 Å². The van der Waals surface area contributed by atoms with Gasteiger partial charge < -0.3 is 15.2 Å². The number of aliphatic carboxylic acids is 1. The van der Waals surface area contributed by atoms with Gasteiger partial charge in [-0.3, -0.25) is 14.9 Å². The van der Waals surface area contributed by atoms with Gasteiger partial charge in [0, 0.05) is 27.7 Å². The molecule has 0 saturated heterocycles. The van der Waals surface area contributed by atoms with Gasteiger partial charge >= 0.3 is 12.1 Å². The Kier molecular flexibility index (Phi) is 6.98. The highest BCUT2D eigenvalue weighted by molar-refractivity contribution is 9.10. The van der Waals surface area contributed by atoms with Gasteiger partial charge in [0.25, 0.3) is 5.91 Å². The molecule has 4 rings (SSSR count). The molecule has 174 valence electrons. The lowest BCUT2D eigenvalue weighted by Crippen LogP contribution is -2.34. The molecule has 0 fully saturated rings. The lowest BCUT2D eigenvalue weighted by Gasteiger charge is -2.15. The number of fused-ring (bicyclic) bond motifs is 3. The first-order valence-corrected chi connectivity index (χ1v) is 11.6. The minimum absolute atomic E-state index is 0.0577. The molecule has 1 aliphatic rings. The summed E-state index contributed by atoms with van der Waals surface area (Å²) in [6.45, 7) is 1.79. The molecule has 0 aromatic heterocycles. The number of hydrogen-bond donors (Lipinski definition) is 3. The van der Waals surface area contributed by atoms with E-state index < -0.39 is 24.0 Å². The van der Waals surface area contributed by atoms with Crippen LogP contribution < -0.4 is 10.6 Å². The molecule has 0 saturated carbocycles. The maximum Gasteiger partial charge on any atom is 0.411 e. The summed E-state index contributed by atoms with van der Waals surface area (Å²) in [4.78, 5) is 35.9. The summed E-state index contributed by atoms with van der Waals surface area (Å²) < 4.78 is 6.14. The molecule has 0 unspecified atom stereocenters. The van der Waals surface area contributed by atoms with Crippen LogP contribution in [0.4, 0.5) is 10.5 Å². The van der Waals surface area contributed by atoms with Crippen LogP contribution in [0, 0.1) is 0 Å². The number of benzene rings is 3. The van der Waals surface area contributed by atoms with E-state index >= 15 is 0 Å². The number of carbonyl (C=O) groups is 3. The van der Waals surface area contributed by atoms with Gasteiger partial charge in [-0.25, -0.2) is 4.79 Å². The third-order valence-corrected chi connectivity index (χ3v) is 6.07.